The topological polar surface area (TPSA) is 62.3 Å². The largest absolute Gasteiger partial charge is 0.353 e. The smallest absolute Gasteiger partial charge is 0.255 e. The van der Waals surface area contributed by atoms with E-state index < -0.39 is 6.04 Å². The monoisotopic (exact) mass is 421 g/mol. The Hall–Kier alpha value is -3.99. The number of nitrogens with one attached hydrogen (secondary N) is 1. The Balaban J connectivity index is 1.46. The van der Waals surface area contributed by atoms with Crippen LogP contribution in [0.1, 0.15) is 15.9 Å². The van der Waals surface area contributed by atoms with Gasteiger partial charge in [0.1, 0.15) is 6.04 Å². The van der Waals surface area contributed by atoms with Crippen molar-refractivity contribution in [3.05, 3.63) is 102 Å². The van der Waals surface area contributed by atoms with Crippen molar-refractivity contribution >= 4 is 22.7 Å². The first-order chi connectivity index (χ1) is 15.7. The van der Waals surface area contributed by atoms with Crippen molar-refractivity contribution in [2.24, 2.45) is 0 Å². The molecule has 0 radical (unpaired) electrons. The molecule has 5 rings (SSSR count). The van der Waals surface area contributed by atoms with Crippen molar-refractivity contribution < 1.29 is 9.59 Å². The molecule has 1 atom stereocenters. The quantitative estimate of drug-likeness (QED) is 0.540. The number of carbonyl (C=O) groups is 2. The molecule has 3 aromatic carbocycles. The molecule has 32 heavy (non-hydrogen) atoms. The van der Waals surface area contributed by atoms with Crippen LogP contribution in [0.25, 0.3) is 22.0 Å². The minimum atomic E-state index is -0.561. The summed E-state index contributed by atoms with van der Waals surface area (Å²) in [4.78, 5) is 32.5. The summed E-state index contributed by atoms with van der Waals surface area (Å²) in [6.45, 7) is 0.929. The highest BCUT2D eigenvalue weighted by Crippen LogP contribution is 2.24. The van der Waals surface area contributed by atoms with E-state index in [-0.39, 0.29) is 11.8 Å². The van der Waals surface area contributed by atoms with Gasteiger partial charge in [0, 0.05) is 36.7 Å². The molecule has 0 saturated carbocycles. The lowest BCUT2D eigenvalue weighted by Crippen LogP contribution is -2.58. The molecule has 1 aromatic heterocycles. The number of carbonyl (C=O) groups excluding carboxylic acids is 2. The lowest BCUT2D eigenvalue weighted by atomic mass is 9.97. The number of rotatable bonds is 4. The maximum atomic E-state index is 13.6. The summed E-state index contributed by atoms with van der Waals surface area (Å²) >= 11 is 0. The first kappa shape index (κ1) is 19.9. The van der Waals surface area contributed by atoms with Gasteiger partial charge in [-0.2, -0.15) is 0 Å². The van der Waals surface area contributed by atoms with Crippen molar-refractivity contribution in [1.29, 1.82) is 0 Å². The van der Waals surface area contributed by atoms with E-state index in [1.54, 1.807) is 11.1 Å². The standard InChI is InChI=1S/C27H23N3O2/c31-26-25(18-19-7-4-10-21(17-19)20-8-2-1-3-9-20)30(16-15-29-26)27(32)23-11-5-13-24-22(23)12-6-14-28-24/h1-14,17,25H,15-16,18H2,(H,29,31). The fraction of sp³-hybridized carbons (Fsp3) is 0.148. The minimum Gasteiger partial charge on any atom is -0.353 e. The number of hydrogen-bond donors (Lipinski definition) is 1. The molecule has 1 aliphatic rings. The van der Waals surface area contributed by atoms with Crippen molar-refractivity contribution in [3.8, 4) is 11.1 Å². The first-order valence-electron chi connectivity index (χ1n) is 10.8. The summed E-state index contributed by atoms with van der Waals surface area (Å²) in [7, 11) is 0. The molecule has 1 fully saturated rings. The molecule has 158 valence electrons. The average molecular weight is 422 g/mol. The van der Waals surface area contributed by atoms with Gasteiger partial charge >= 0.3 is 0 Å². The van der Waals surface area contributed by atoms with Crippen LogP contribution in [0, 0.1) is 0 Å². The highest BCUT2D eigenvalue weighted by atomic mass is 16.2. The van der Waals surface area contributed by atoms with Gasteiger partial charge < -0.3 is 10.2 Å². The van der Waals surface area contributed by atoms with Crippen LogP contribution in [-0.4, -0.2) is 40.8 Å². The molecule has 4 aromatic rings. The van der Waals surface area contributed by atoms with Crippen LogP contribution >= 0.6 is 0 Å². The summed E-state index contributed by atoms with van der Waals surface area (Å²) in [5.41, 5.74) is 4.59. The Morgan fingerprint density at radius 3 is 2.62 bits per heavy atom. The fourth-order valence-electron chi connectivity index (χ4n) is 4.34. The van der Waals surface area contributed by atoms with Crippen LogP contribution in [-0.2, 0) is 11.2 Å². The van der Waals surface area contributed by atoms with Crippen LogP contribution in [0.2, 0.25) is 0 Å². The second-order valence-corrected chi connectivity index (χ2v) is 7.95. The van der Waals surface area contributed by atoms with E-state index in [9.17, 15) is 9.59 Å². The van der Waals surface area contributed by atoms with E-state index in [2.05, 4.69) is 34.6 Å². The molecular weight excluding hydrogens is 398 g/mol. The van der Waals surface area contributed by atoms with Gasteiger partial charge in [0.15, 0.2) is 0 Å². The number of aromatic nitrogens is 1. The SMILES string of the molecule is O=C1NCCN(C(=O)c2cccc3ncccc23)C1Cc1cccc(-c2ccccc2)c1. The third kappa shape index (κ3) is 3.85. The van der Waals surface area contributed by atoms with E-state index in [1.807, 2.05) is 60.7 Å². The molecule has 5 nitrogen and oxygen atoms in total. The van der Waals surface area contributed by atoms with Crippen molar-refractivity contribution in [1.82, 2.24) is 15.2 Å². The van der Waals surface area contributed by atoms with Gasteiger partial charge in [-0.1, -0.05) is 66.7 Å². The van der Waals surface area contributed by atoms with E-state index in [1.165, 1.54) is 0 Å². The van der Waals surface area contributed by atoms with Gasteiger partial charge in [0.05, 0.1) is 5.52 Å². The lowest BCUT2D eigenvalue weighted by molar-refractivity contribution is -0.127. The third-order valence-electron chi connectivity index (χ3n) is 5.93. The Labute approximate surface area is 186 Å². The second-order valence-electron chi connectivity index (χ2n) is 7.95. The Morgan fingerprint density at radius 2 is 1.75 bits per heavy atom. The van der Waals surface area contributed by atoms with Gasteiger partial charge in [-0.25, -0.2) is 0 Å². The van der Waals surface area contributed by atoms with Crippen molar-refractivity contribution in [2.45, 2.75) is 12.5 Å². The van der Waals surface area contributed by atoms with Crippen LogP contribution in [0.15, 0.2) is 91.1 Å². The number of fused-ring (bicyclic) bond motifs is 1. The number of pyridine rings is 1. The Morgan fingerprint density at radius 1 is 0.938 bits per heavy atom. The maximum absolute atomic E-state index is 13.6. The molecule has 5 heteroatoms. The highest BCUT2D eigenvalue weighted by Gasteiger charge is 2.34. The highest BCUT2D eigenvalue weighted by molar-refractivity contribution is 6.07. The summed E-state index contributed by atoms with van der Waals surface area (Å²) in [5, 5.41) is 3.73. The summed E-state index contributed by atoms with van der Waals surface area (Å²) in [6, 6.07) is 27.0. The predicted molar refractivity (Wildman–Crippen MR) is 125 cm³/mol. The average Bonchev–Trinajstić information content (AvgIpc) is 2.85. The zero-order valence-electron chi connectivity index (χ0n) is 17.6. The van der Waals surface area contributed by atoms with Crippen LogP contribution in [0.4, 0.5) is 0 Å². The second kappa shape index (κ2) is 8.63. The fourth-order valence-corrected chi connectivity index (χ4v) is 4.34. The normalized spacial score (nSPS) is 16.1. The molecule has 0 aliphatic carbocycles. The molecule has 1 saturated heterocycles. The zero-order chi connectivity index (χ0) is 21.9. The van der Waals surface area contributed by atoms with E-state index in [0.717, 1.165) is 27.6 Å². The number of amides is 2. The molecule has 2 heterocycles. The van der Waals surface area contributed by atoms with Crippen molar-refractivity contribution in [2.75, 3.05) is 13.1 Å². The van der Waals surface area contributed by atoms with Gasteiger partial charge in [-0.3, -0.25) is 14.6 Å². The molecule has 1 N–H and O–H groups in total. The number of benzene rings is 3. The molecular formula is C27H23N3O2. The van der Waals surface area contributed by atoms with Crippen LogP contribution < -0.4 is 5.32 Å². The number of hydrogen-bond acceptors (Lipinski definition) is 3. The molecule has 1 unspecified atom stereocenters. The first-order valence-corrected chi connectivity index (χ1v) is 10.8. The minimum absolute atomic E-state index is 0.118. The van der Waals surface area contributed by atoms with Gasteiger partial charge in [-0.05, 0) is 34.9 Å². The van der Waals surface area contributed by atoms with Crippen LogP contribution in [0.3, 0.4) is 0 Å². The molecule has 2 amide bonds. The van der Waals surface area contributed by atoms with E-state index >= 15 is 0 Å². The number of piperazine rings is 1. The molecule has 0 spiro atoms. The third-order valence-corrected chi connectivity index (χ3v) is 5.93. The Bertz CT molecular complexity index is 1280. The van der Waals surface area contributed by atoms with E-state index in [0.29, 0.717) is 25.1 Å². The summed E-state index contributed by atoms with van der Waals surface area (Å²) < 4.78 is 0. The zero-order valence-corrected chi connectivity index (χ0v) is 17.6. The summed E-state index contributed by atoms with van der Waals surface area (Å²) in [6.07, 6.45) is 2.18. The van der Waals surface area contributed by atoms with Crippen molar-refractivity contribution in [3.63, 3.8) is 0 Å². The Kier molecular flexibility index (Phi) is 5.38. The molecule has 1 aliphatic heterocycles. The van der Waals surface area contributed by atoms with Gasteiger partial charge in [-0.15, -0.1) is 0 Å². The summed E-state index contributed by atoms with van der Waals surface area (Å²) in [5.74, 6) is -0.254. The van der Waals surface area contributed by atoms with Crippen LogP contribution in [0.5, 0.6) is 0 Å². The number of nitrogens with zero attached hydrogens (tertiary/aromatic N) is 2. The predicted octanol–water partition coefficient (Wildman–Crippen LogP) is 4.09. The maximum Gasteiger partial charge on any atom is 0.255 e. The molecule has 0 bridgehead atoms. The van der Waals surface area contributed by atoms with E-state index in [4.69, 9.17) is 0 Å². The van der Waals surface area contributed by atoms with Gasteiger partial charge in [0.25, 0.3) is 5.91 Å². The van der Waals surface area contributed by atoms with Gasteiger partial charge in [0.2, 0.25) is 5.91 Å². The lowest BCUT2D eigenvalue weighted by Gasteiger charge is -2.35.